The number of nitrogens with one attached hydrogen (secondary N) is 8. The zero-order valence-electron chi connectivity index (χ0n) is 36.4. The number of carbonyl (C=O) groups is 10. The first-order valence-corrected chi connectivity index (χ1v) is 21.2. The summed E-state index contributed by atoms with van der Waals surface area (Å²) in [5, 5.41) is 27.0. The van der Waals surface area contributed by atoms with E-state index in [9.17, 15) is 53.1 Å². The van der Waals surface area contributed by atoms with Crippen LogP contribution in [0.4, 0.5) is 0 Å². The van der Waals surface area contributed by atoms with Crippen molar-refractivity contribution >= 4 is 59.1 Å². The Hall–Kier alpha value is -6.13. The smallest absolute Gasteiger partial charge is 0.328 e. The number of rotatable bonds is 25. The molecule has 7 unspecified atom stereocenters. The van der Waals surface area contributed by atoms with Crippen molar-refractivity contribution in [2.75, 3.05) is 13.2 Å². The van der Waals surface area contributed by atoms with Crippen LogP contribution in [0.2, 0.25) is 0 Å². The van der Waals surface area contributed by atoms with Crippen LogP contribution in [0.15, 0.2) is 12.4 Å². The number of carbonyl (C=O) groups excluding carboxylic acids is 10. The second-order valence-electron chi connectivity index (χ2n) is 16.0. The number of hydrogen-bond donors (Lipinski definition) is 11. The van der Waals surface area contributed by atoms with E-state index in [1.54, 1.807) is 0 Å². The second-order valence-corrected chi connectivity index (χ2v) is 16.0. The number of primary amides is 2. The molecule has 352 valence electrons. The van der Waals surface area contributed by atoms with E-state index in [-0.39, 0.29) is 37.9 Å². The van der Waals surface area contributed by atoms with Crippen LogP contribution in [0.5, 0.6) is 0 Å². The Balaban J connectivity index is 2.12. The number of aliphatic hydroxyl groups is 1. The molecule has 2 heterocycles. The van der Waals surface area contributed by atoms with Crippen molar-refractivity contribution in [2.45, 2.75) is 154 Å². The van der Waals surface area contributed by atoms with E-state index in [1.165, 1.54) is 39.1 Å². The third-order valence-corrected chi connectivity index (χ3v) is 9.91. The van der Waals surface area contributed by atoms with Crippen LogP contribution in [0.3, 0.4) is 0 Å². The topological polar surface area (TPSA) is 365 Å². The van der Waals surface area contributed by atoms with Gasteiger partial charge in [-0.1, -0.05) is 52.4 Å². The molecule has 1 aromatic rings. The third-order valence-electron chi connectivity index (χ3n) is 9.91. The summed E-state index contributed by atoms with van der Waals surface area (Å²) >= 11 is 0. The molecule has 7 atom stereocenters. The molecule has 1 aliphatic heterocycles. The largest absolute Gasteiger partial charge is 0.461 e. The van der Waals surface area contributed by atoms with Gasteiger partial charge in [0.05, 0.1) is 12.6 Å². The summed E-state index contributed by atoms with van der Waals surface area (Å²) in [7, 11) is 0. The fourth-order valence-corrected chi connectivity index (χ4v) is 6.30. The minimum absolute atomic E-state index is 0.150. The number of esters is 1. The fourth-order valence-electron chi connectivity index (χ4n) is 6.30. The van der Waals surface area contributed by atoms with E-state index in [4.69, 9.17) is 16.2 Å². The first-order chi connectivity index (χ1) is 29.8. The average Bonchev–Trinajstić information content (AvgIpc) is 3.73. The number of aliphatic hydroxyl groups excluding tert-OH is 1. The van der Waals surface area contributed by atoms with E-state index in [0.717, 1.165) is 25.7 Å². The highest BCUT2D eigenvalue weighted by Crippen LogP contribution is 2.13. The van der Waals surface area contributed by atoms with Gasteiger partial charge in [-0.25, -0.2) is 9.78 Å². The maximum atomic E-state index is 13.7. The number of aromatic amines is 1. The van der Waals surface area contributed by atoms with E-state index in [1.807, 2.05) is 0 Å². The maximum Gasteiger partial charge on any atom is 0.328 e. The molecule has 1 saturated heterocycles. The van der Waals surface area contributed by atoms with E-state index in [2.05, 4.69) is 61.0 Å². The Kier molecular flexibility index (Phi) is 23.3. The van der Waals surface area contributed by atoms with E-state index < -0.39 is 121 Å². The Morgan fingerprint density at radius 2 is 1.35 bits per heavy atom. The molecule has 13 N–H and O–H groups in total. The number of hydrogen-bond acceptors (Lipinski definition) is 13. The van der Waals surface area contributed by atoms with Crippen molar-refractivity contribution in [2.24, 2.45) is 17.4 Å². The Morgan fingerprint density at radius 1 is 0.762 bits per heavy atom. The molecular weight excluding hydrogens is 827 g/mol. The molecule has 63 heavy (non-hydrogen) atoms. The second kappa shape index (κ2) is 27.7. The molecular formula is C40H65N11O12. The number of amides is 9. The number of nitrogens with two attached hydrogens (primary N) is 2. The molecule has 0 saturated carbocycles. The Morgan fingerprint density at radius 3 is 1.95 bits per heavy atom. The Bertz CT molecular complexity index is 1720. The molecule has 1 aliphatic rings. The van der Waals surface area contributed by atoms with Gasteiger partial charge in [-0.15, -0.1) is 0 Å². The summed E-state index contributed by atoms with van der Waals surface area (Å²) in [4.78, 5) is 136. The molecule has 23 heteroatoms. The lowest BCUT2D eigenvalue weighted by Gasteiger charge is -2.25. The number of nitrogens with zero attached hydrogens (tertiary/aromatic N) is 1. The standard InChI is InChI=1S/C40H65N11O12/c1-22(2)11-9-7-5-6-8-10-12-32(55)51-34(24(4)52)39(61)45-20-33(56)46-23(3)35(57)50-28-21-63-40(62)26(14-16-30(42)54)48-36(58)25(13-15-29(41)53)47-37(59)27(49-38(28)60)19-31-43-17-18-44-31/h17-18,22-28,34,52H,5-16,19-21H2,1-4H3,(H2,41,53)(H2,42,54)(H,43,44)(H,45,61)(H,46,56)(H,47,59)(H,48,58)(H,49,60)(H,50,57)(H,51,55). The molecule has 0 bridgehead atoms. The molecule has 0 aromatic carbocycles. The normalized spacial score (nSPS) is 19.8. The number of aromatic nitrogens is 2. The molecule has 1 aromatic heterocycles. The van der Waals surface area contributed by atoms with E-state index in [0.29, 0.717) is 12.3 Å². The number of cyclic esters (lactones) is 1. The van der Waals surface area contributed by atoms with Crippen molar-refractivity contribution in [1.82, 2.24) is 47.2 Å². The highest BCUT2D eigenvalue weighted by atomic mass is 16.5. The van der Waals surface area contributed by atoms with Crippen LogP contribution in [-0.2, 0) is 59.1 Å². The lowest BCUT2D eigenvalue weighted by molar-refractivity contribution is -0.150. The van der Waals surface area contributed by atoms with Gasteiger partial charge >= 0.3 is 5.97 Å². The number of unbranched alkanes of at least 4 members (excludes halogenated alkanes) is 5. The molecule has 2 rings (SSSR count). The van der Waals surface area contributed by atoms with Crippen LogP contribution in [-0.4, -0.2) is 130 Å². The lowest BCUT2D eigenvalue weighted by Crippen LogP contribution is -2.59. The summed E-state index contributed by atoms with van der Waals surface area (Å²) < 4.78 is 5.32. The van der Waals surface area contributed by atoms with Gasteiger partial charge in [0.1, 0.15) is 48.7 Å². The van der Waals surface area contributed by atoms with Crippen molar-refractivity contribution in [3.05, 3.63) is 18.2 Å². The molecule has 1 fully saturated rings. The summed E-state index contributed by atoms with van der Waals surface area (Å²) in [6.45, 7) is 5.39. The monoisotopic (exact) mass is 891 g/mol. The predicted molar refractivity (Wildman–Crippen MR) is 224 cm³/mol. The summed E-state index contributed by atoms with van der Waals surface area (Å²) in [6, 6.07) is -8.90. The van der Waals surface area contributed by atoms with Crippen molar-refractivity contribution in [1.29, 1.82) is 0 Å². The molecule has 23 nitrogen and oxygen atoms in total. The van der Waals surface area contributed by atoms with Crippen LogP contribution >= 0.6 is 0 Å². The van der Waals surface area contributed by atoms with E-state index >= 15 is 0 Å². The number of H-pyrrole nitrogens is 1. The van der Waals surface area contributed by atoms with Gasteiger partial charge < -0.3 is 63.5 Å². The van der Waals surface area contributed by atoms with Gasteiger partial charge in [-0.2, -0.15) is 0 Å². The summed E-state index contributed by atoms with van der Waals surface area (Å²) in [6.07, 6.45) is 6.97. The zero-order valence-corrected chi connectivity index (χ0v) is 36.4. The minimum atomic E-state index is -1.71. The van der Waals surface area contributed by atoms with Crippen LogP contribution < -0.4 is 48.7 Å². The van der Waals surface area contributed by atoms with Crippen LogP contribution in [0.25, 0.3) is 0 Å². The lowest BCUT2D eigenvalue weighted by atomic mass is 10.0. The van der Waals surface area contributed by atoms with Gasteiger partial charge in [-0.3, -0.25) is 43.2 Å². The van der Waals surface area contributed by atoms with Crippen molar-refractivity contribution in [3.8, 4) is 0 Å². The van der Waals surface area contributed by atoms with Gasteiger partial charge in [0.15, 0.2) is 0 Å². The van der Waals surface area contributed by atoms with Crippen molar-refractivity contribution < 1.29 is 57.8 Å². The number of ether oxygens (including phenoxy) is 1. The van der Waals surface area contributed by atoms with Gasteiger partial charge in [-0.05, 0) is 39.0 Å². The maximum absolute atomic E-state index is 13.7. The molecule has 0 aliphatic carbocycles. The van der Waals surface area contributed by atoms with Crippen LogP contribution in [0, 0.1) is 5.92 Å². The molecule has 9 amide bonds. The predicted octanol–water partition coefficient (Wildman–Crippen LogP) is -2.76. The summed E-state index contributed by atoms with van der Waals surface area (Å²) in [5.74, 6) is -7.92. The SMILES string of the molecule is CC(C)CCCCCCCCC(=O)NC(C(=O)NCC(=O)NC(C)C(=O)NC1COC(=O)C(CCC(N)=O)NC(=O)C(CCC(N)=O)NC(=O)C(Cc2ncc[nH]2)NC1=O)C(C)O. The first-order valence-electron chi connectivity index (χ1n) is 21.2. The summed E-state index contributed by atoms with van der Waals surface area (Å²) in [5.41, 5.74) is 10.5. The van der Waals surface area contributed by atoms with Crippen molar-refractivity contribution in [3.63, 3.8) is 0 Å². The van der Waals surface area contributed by atoms with Crippen LogP contribution in [0.1, 0.15) is 111 Å². The first kappa shape index (κ1) is 53.0. The average molecular weight is 892 g/mol. The zero-order chi connectivity index (χ0) is 47.1. The Labute approximate surface area is 365 Å². The molecule has 0 radical (unpaired) electrons. The number of imidazole rings is 1. The molecule has 0 spiro atoms. The third kappa shape index (κ3) is 21.0. The van der Waals surface area contributed by atoms with Gasteiger partial charge in [0, 0.05) is 38.1 Å². The fraction of sp³-hybridized carbons (Fsp3) is 0.675. The van der Waals surface area contributed by atoms with Gasteiger partial charge in [0.2, 0.25) is 53.2 Å². The highest BCUT2D eigenvalue weighted by molar-refractivity contribution is 5.97. The quantitative estimate of drug-likeness (QED) is 0.0351. The highest BCUT2D eigenvalue weighted by Gasteiger charge is 2.35. The van der Waals surface area contributed by atoms with Gasteiger partial charge in [0.25, 0.3) is 0 Å². The minimum Gasteiger partial charge on any atom is -0.461 e.